The van der Waals surface area contributed by atoms with Crippen LogP contribution in [0.25, 0.3) is 5.52 Å². The number of hydrogen-bond acceptors (Lipinski definition) is 6. The van der Waals surface area contributed by atoms with Crippen molar-refractivity contribution in [1.29, 1.82) is 0 Å². The molecule has 1 aliphatic carbocycles. The van der Waals surface area contributed by atoms with E-state index in [0.717, 1.165) is 24.6 Å². The predicted molar refractivity (Wildman–Crippen MR) is 114 cm³/mol. The highest BCUT2D eigenvalue weighted by Gasteiger charge is 2.37. The van der Waals surface area contributed by atoms with Crippen LogP contribution < -0.4 is 10.2 Å². The summed E-state index contributed by atoms with van der Waals surface area (Å²) in [4.78, 5) is 30.4. The first kappa shape index (κ1) is 20.6. The van der Waals surface area contributed by atoms with Crippen molar-refractivity contribution in [3.8, 4) is 0 Å². The summed E-state index contributed by atoms with van der Waals surface area (Å²) in [5.41, 5.74) is 1.38. The van der Waals surface area contributed by atoms with Crippen LogP contribution in [0.3, 0.4) is 0 Å². The number of hydrogen-bond donors (Lipinski definition) is 2. The number of fused-ring (bicyclic) bond motifs is 2. The number of imidazole rings is 1. The summed E-state index contributed by atoms with van der Waals surface area (Å²) in [6.45, 7) is 0.516. The third kappa shape index (κ3) is 3.55. The van der Waals surface area contributed by atoms with Crippen LogP contribution in [0.4, 0.5) is 19.0 Å². The third-order valence-corrected chi connectivity index (χ3v) is 6.11. The van der Waals surface area contributed by atoms with Gasteiger partial charge >= 0.3 is 6.18 Å². The standard InChI is InChI=1S/C22H19F3N8O/c23-22(24,25)13-2-1-6-33-17(13)8-15(31-33)20-19-14(28-11-29-19)5-7-32(20)18-10-26-16(9-27-18)21(34)30-12-3-4-12/h1-2,6,8-12,20H,3-5,7H2,(H,28,29)(H,30,34)/t20-/m1/s1. The molecule has 6 rings (SSSR count). The molecule has 4 aromatic rings. The maximum Gasteiger partial charge on any atom is 0.418 e. The van der Waals surface area contributed by atoms with Gasteiger partial charge in [0.1, 0.15) is 17.6 Å². The second kappa shape index (κ2) is 7.54. The first-order chi connectivity index (χ1) is 16.4. The molecular formula is C22H19F3N8O. The van der Waals surface area contributed by atoms with Gasteiger partial charge in [-0.2, -0.15) is 18.3 Å². The molecule has 1 fully saturated rings. The van der Waals surface area contributed by atoms with E-state index in [-0.39, 0.29) is 23.2 Å². The maximum atomic E-state index is 13.6. The van der Waals surface area contributed by atoms with Crippen LogP contribution in [-0.4, -0.2) is 48.0 Å². The summed E-state index contributed by atoms with van der Waals surface area (Å²) in [7, 11) is 0. The first-order valence-electron chi connectivity index (χ1n) is 10.9. The molecule has 1 aliphatic heterocycles. The lowest BCUT2D eigenvalue weighted by Crippen LogP contribution is -2.37. The van der Waals surface area contributed by atoms with Crippen molar-refractivity contribution < 1.29 is 18.0 Å². The monoisotopic (exact) mass is 468 g/mol. The number of carbonyl (C=O) groups is 1. The maximum absolute atomic E-state index is 13.6. The summed E-state index contributed by atoms with van der Waals surface area (Å²) in [6, 6.07) is 3.43. The molecule has 0 aromatic carbocycles. The Morgan fingerprint density at radius 1 is 1.18 bits per heavy atom. The van der Waals surface area contributed by atoms with Crippen LogP contribution in [0, 0.1) is 0 Å². The van der Waals surface area contributed by atoms with E-state index in [2.05, 4.69) is 30.4 Å². The van der Waals surface area contributed by atoms with Crippen molar-refractivity contribution in [2.24, 2.45) is 0 Å². The van der Waals surface area contributed by atoms with Gasteiger partial charge in [-0.25, -0.2) is 19.5 Å². The topological polar surface area (TPSA) is 104 Å². The quantitative estimate of drug-likeness (QED) is 0.477. The van der Waals surface area contributed by atoms with Crippen molar-refractivity contribution in [1.82, 2.24) is 34.9 Å². The van der Waals surface area contributed by atoms with E-state index in [4.69, 9.17) is 0 Å². The fourth-order valence-electron chi connectivity index (χ4n) is 4.30. The molecule has 4 aromatic heterocycles. The Bertz CT molecular complexity index is 1370. The van der Waals surface area contributed by atoms with Crippen LogP contribution in [0.5, 0.6) is 0 Å². The summed E-state index contributed by atoms with van der Waals surface area (Å²) in [5, 5.41) is 7.33. The number of aromatic amines is 1. The highest BCUT2D eigenvalue weighted by Crippen LogP contribution is 2.38. The highest BCUT2D eigenvalue weighted by molar-refractivity contribution is 5.92. The minimum atomic E-state index is -4.51. The Morgan fingerprint density at radius 3 is 2.76 bits per heavy atom. The molecule has 1 amide bonds. The third-order valence-electron chi connectivity index (χ3n) is 6.11. The van der Waals surface area contributed by atoms with E-state index in [1.165, 1.54) is 35.2 Å². The molecule has 0 bridgehead atoms. The molecule has 2 aliphatic rings. The lowest BCUT2D eigenvalue weighted by Gasteiger charge is -2.34. The first-order valence-corrected chi connectivity index (χ1v) is 10.9. The van der Waals surface area contributed by atoms with Crippen LogP contribution in [0.2, 0.25) is 0 Å². The number of amides is 1. The molecule has 34 heavy (non-hydrogen) atoms. The molecule has 12 heteroatoms. The molecule has 0 radical (unpaired) electrons. The van der Waals surface area contributed by atoms with Gasteiger partial charge in [0.05, 0.1) is 41.2 Å². The number of carbonyl (C=O) groups excluding carboxylic acids is 1. The van der Waals surface area contributed by atoms with E-state index in [0.29, 0.717) is 30.2 Å². The second-order valence-corrected chi connectivity index (χ2v) is 8.44. The summed E-state index contributed by atoms with van der Waals surface area (Å²) >= 11 is 0. The van der Waals surface area contributed by atoms with Gasteiger partial charge < -0.3 is 15.2 Å². The molecule has 5 heterocycles. The minimum absolute atomic E-state index is 0.0363. The minimum Gasteiger partial charge on any atom is -0.348 e. The molecule has 9 nitrogen and oxygen atoms in total. The Labute approximate surface area is 191 Å². The predicted octanol–water partition coefficient (Wildman–Crippen LogP) is 2.91. The SMILES string of the molecule is O=C(NC1CC1)c1cnc(N2CCc3[nH]cnc3[C@H]2c2cc3c(C(F)(F)F)cccn3n2)cn1. The molecule has 1 saturated carbocycles. The number of pyridine rings is 1. The Kier molecular flexibility index (Phi) is 4.57. The van der Waals surface area contributed by atoms with Gasteiger partial charge in [0.25, 0.3) is 5.91 Å². The van der Waals surface area contributed by atoms with Gasteiger partial charge in [-0.3, -0.25) is 4.79 Å². The average molecular weight is 468 g/mol. The summed E-state index contributed by atoms with van der Waals surface area (Å²) < 4.78 is 41.9. The molecule has 0 unspecified atom stereocenters. The number of alkyl halides is 3. The zero-order chi connectivity index (χ0) is 23.4. The van der Waals surface area contributed by atoms with Gasteiger partial charge in [0, 0.05) is 30.9 Å². The Hall–Kier alpha value is -3.96. The average Bonchev–Trinajstić information content (AvgIpc) is 3.32. The molecular weight excluding hydrogens is 449 g/mol. The van der Waals surface area contributed by atoms with Gasteiger partial charge in [0.2, 0.25) is 0 Å². The largest absolute Gasteiger partial charge is 0.418 e. The van der Waals surface area contributed by atoms with Crippen molar-refractivity contribution in [2.45, 2.75) is 37.5 Å². The van der Waals surface area contributed by atoms with Crippen LogP contribution in [-0.2, 0) is 12.6 Å². The van der Waals surface area contributed by atoms with Crippen molar-refractivity contribution in [3.63, 3.8) is 0 Å². The number of aromatic nitrogens is 6. The van der Waals surface area contributed by atoms with Gasteiger partial charge in [-0.1, -0.05) is 0 Å². The highest BCUT2D eigenvalue weighted by atomic mass is 19.4. The summed E-state index contributed by atoms with van der Waals surface area (Å²) in [6.07, 6.45) is 4.03. The molecule has 174 valence electrons. The van der Waals surface area contributed by atoms with Gasteiger partial charge in [0.15, 0.2) is 0 Å². The molecule has 1 atom stereocenters. The smallest absolute Gasteiger partial charge is 0.348 e. The van der Waals surface area contributed by atoms with E-state index in [1.54, 1.807) is 6.33 Å². The van der Waals surface area contributed by atoms with E-state index in [9.17, 15) is 18.0 Å². The number of nitrogens with one attached hydrogen (secondary N) is 2. The Morgan fingerprint density at radius 2 is 2.03 bits per heavy atom. The van der Waals surface area contributed by atoms with E-state index >= 15 is 0 Å². The Balaban J connectivity index is 1.40. The second-order valence-electron chi connectivity index (χ2n) is 8.44. The van der Waals surface area contributed by atoms with Crippen LogP contribution >= 0.6 is 0 Å². The number of halogens is 3. The number of rotatable bonds is 4. The van der Waals surface area contributed by atoms with Gasteiger partial charge in [-0.05, 0) is 31.0 Å². The number of H-pyrrole nitrogens is 1. The van der Waals surface area contributed by atoms with Crippen molar-refractivity contribution in [3.05, 3.63) is 71.5 Å². The van der Waals surface area contributed by atoms with Crippen LogP contribution in [0.15, 0.2) is 43.1 Å². The zero-order valence-corrected chi connectivity index (χ0v) is 17.8. The molecule has 0 saturated heterocycles. The summed E-state index contributed by atoms with van der Waals surface area (Å²) in [5.74, 6) is 0.209. The lowest BCUT2D eigenvalue weighted by atomic mass is 9.99. The van der Waals surface area contributed by atoms with Crippen molar-refractivity contribution in [2.75, 3.05) is 11.4 Å². The fraction of sp³-hybridized carbons (Fsp3) is 0.318. The number of anilines is 1. The van der Waals surface area contributed by atoms with E-state index < -0.39 is 17.8 Å². The molecule has 2 N–H and O–H groups in total. The van der Waals surface area contributed by atoms with E-state index in [1.807, 2.05) is 4.90 Å². The normalized spacial score (nSPS) is 18.2. The molecule has 0 spiro atoms. The number of nitrogens with zero attached hydrogens (tertiary/aromatic N) is 6. The zero-order valence-electron chi connectivity index (χ0n) is 17.8. The van der Waals surface area contributed by atoms with Gasteiger partial charge in [-0.15, -0.1) is 0 Å². The fourth-order valence-corrected chi connectivity index (χ4v) is 4.30. The van der Waals surface area contributed by atoms with Crippen molar-refractivity contribution >= 4 is 17.2 Å². The lowest BCUT2D eigenvalue weighted by molar-refractivity contribution is -0.136. The van der Waals surface area contributed by atoms with Crippen LogP contribution in [0.1, 0.15) is 52.0 Å².